The van der Waals surface area contributed by atoms with Gasteiger partial charge in [0, 0.05) is 10.0 Å². The number of anilines is 1. The highest BCUT2D eigenvalue weighted by molar-refractivity contribution is 6.35. The van der Waals surface area contributed by atoms with Crippen molar-refractivity contribution >= 4 is 40.6 Å². The second kappa shape index (κ2) is 6.79. The number of halogens is 3. The van der Waals surface area contributed by atoms with Crippen molar-refractivity contribution in [1.29, 1.82) is 0 Å². The van der Waals surface area contributed by atoms with Crippen molar-refractivity contribution in [3.63, 3.8) is 0 Å². The molecule has 4 nitrogen and oxygen atoms in total. The molecular weight excluding hydrogens is 333 g/mol. The maximum absolute atomic E-state index is 9.25. The van der Waals surface area contributed by atoms with Crippen molar-refractivity contribution in [2.45, 2.75) is 26.5 Å². The molecule has 21 heavy (non-hydrogen) atoms. The highest BCUT2D eigenvalue weighted by Crippen LogP contribution is 2.31. The summed E-state index contributed by atoms with van der Waals surface area (Å²) in [7, 11) is 0. The van der Waals surface area contributed by atoms with Crippen molar-refractivity contribution in [2.75, 3.05) is 5.32 Å². The summed E-state index contributed by atoms with van der Waals surface area (Å²) in [5, 5.41) is 13.9. The van der Waals surface area contributed by atoms with Gasteiger partial charge in [-0.25, -0.2) is 9.97 Å². The predicted molar refractivity (Wildman–Crippen MR) is 86.2 cm³/mol. The van der Waals surface area contributed by atoms with Crippen LogP contribution in [0.4, 0.5) is 5.82 Å². The van der Waals surface area contributed by atoms with Crippen LogP contribution in [-0.2, 0) is 6.61 Å². The van der Waals surface area contributed by atoms with E-state index in [4.69, 9.17) is 34.8 Å². The number of aliphatic hydroxyl groups is 1. The lowest BCUT2D eigenvalue weighted by atomic mass is 10.1. The Morgan fingerprint density at radius 3 is 2.57 bits per heavy atom. The topological polar surface area (TPSA) is 58.0 Å². The number of hydrogen-bond donors (Lipinski definition) is 2. The molecule has 0 saturated carbocycles. The third-order valence-corrected chi connectivity index (χ3v) is 3.92. The van der Waals surface area contributed by atoms with Crippen LogP contribution in [0.25, 0.3) is 0 Å². The first-order valence-corrected chi connectivity index (χ1v) is 7.41. The number of aromatic nitrogens is 2. The molecule has 2 N–H and O–H groups in total. The minimum atomic E-state index is -0.243. The zero-order valence-electron chi connectivity index (χ0n) is 11.5. The zero-order chi connectivity index (χ0) is 15.6. The van der Waals surface area contributed by atoms with Gasteiger partial charge in [-0.1, -0.05) is 40.9 Å². The van der Waals surface area contributed by atoms with E-state index in [-0.39, 0.29) is 12.6 Å². The molecule has 1 aromatic heterocycles. The number of rotatable bonds is 4. The number of aliphatic hydroxyl groups excluding tert-OH is 1. The Bertz CT molecular complexity index is 664. The lowest BCUT2D eigenvalue weighted by Crippen LogP contribution is -2.11. The van der Waals surface area contributed by atoms with Gasteiger partial charge < -0.3 is 10.4 Å². The molecule has 2 rings (SSSR count). The second-order valence-electron chi connectivity index (χ2n) is 4.57. The molecule has 1 heterocycles. The largest absolute Gasteiger partial charge is 0.390 e. The molecule has 0 spiro atoms. The fourth-order valence-electron chi connectivity index (χ4n) is 1.95. The van der Waals surface area contributed by atoms with E-state index < -0.39 is 0 Å². The van der Waals surface area contributed by atoms with Crippen molar-refractivity contribution in [3.8, 4) is 0 Å². The summed E-state index contributed by atoms with van der Waals surface area (Å²) in [5.41, 5.74) is 1.26. The molecule has 0 fully saturated rings. The van der Waals surface area contributed by atoms with Gasteiger partial charge in [-0.15, -0.1) is 0 Å². The molecule has 0 aliphatic rings. The first-order valence-electron chi connectivity index (χ1n) is 6.27. The minimum Gasteiger partial charge on any atom is -0.390 e. The van der Waals surface area contributed by atoms with Crippen LogP contribution < -0.4 is 5.32 Å². The maximum Gasteiger partial charge on any atom is 0.149 e. The van der Waals surface area contributed by atoms with E-state index in [1.165, 1.54) is 0 Å². The normalized spacial score (nSPS) is 12.3. The molecule has 112 valence electrons. The van der Waals surface area contributed by atoms with Gasteiger partial charge in [0.2, 0.25) is 0 Å². The Morgan fingerprint density at radius 1 is 1.24 bits per heavy atom. The molecule has 0 aliphatic heterocycles. The molecule has 2 aromatic rings. The van der Waals surface area contributed by atoms with Gasteiger partial charge in [0.25, 0.3) is 0 Å². The van der Waals surface area contributed by atoms with E-state index in [1.54, 1.807) is 19.1 Å². The molecule has 1 unspecified atom stereocenters. The highest BCUT2D eigenvalue weighted by Gasteiger charge is 2.15. The molecule has 1 aromatic carbocycles. The van der Waals surface area contributed by atoms with Gasteiger partial charge in [0.1, 0.15) is 16.7 Å². The predicted octanol–water partition coefficient (Wildman–Crippen LogP) is 4.41. The standard InChI is InChI=1S/C14H14Cl3N3O/c1-7(10-4-3-9(15)5-11(10)16)18-14-13(17)12(6-21)19-8(2)20-14/h3-5,7,21H,6H2,1-2H3,(H,18,19,20). The van der Waals surface area contributed by atoms with Crippen molar-refractivity contribution in [2.24, 2.45) is 0 Å². The molecule has 0 amide bonds. The summed E-state index contributed by atoms with van der Waals surface area (Å²) in [6.07, 6.45) is 0. The summed E-state index contributed by atoms with van der Waals surface area (Å²) in [5.74, 6) is 0.993. The third kappa shape index (κ3) is 3.77. The molecule has 0 bridgehead atoms. The SMILES string of the molecule is Cc1nc(CO)c(Cl)c(NC(C)c2ccc(Cl)cc2Cl)n1. The van der Waals surface area contributed by atoms with Gasteiger partial charge in [-0.3, -0.25) is 0 Å². The molecule has 7 heteroatoms. The lowest BCUT2D eigenvalue weighted by Gasteiger charge is -2.18. The van der Waals surface area contributed by atoms with Gasteiger partial charge >= 0.3 is 0 Å². The number of nitrogens with one attached hydrogen (secondary N) is 1. The van der Waals surface area contributed by atoms with Gasteiger partial charge in [-0.05, 0) is 31.5 Å². The molecule has 0 aliphatic carbocycles. The van der Waals surface area contributed by atoms with E-state index in [0.29, 0.717) is 32.4 Å². The number of aryl methyl sites for hydroxylation is 1. The van der Waals surface area contributed by atoms with E-state index in [0.717, 1.165) is 5.56 Å². The van der Waals surface area contributed by atoms with Crippen LogP contribution in [0.15, 0.2) is 18.2 Å². The van der Waals surface area contributed by atoms with Crippen molar-refractivity contribution in [1.82, 2.24) is 9.97 Å². The van der Waals surface area contributed by atoms with Crippen LogP contribution in [0, 0.1) is 6.92 Å². The highest BCUT2D eigenvalue weighted by atomic mass is 35.5. The summed E-state index contributed by atoms with van der Waals surface area (Å²) >= 11 is 18.3. The average molecular weight is 347 g/mol. The minimum absolute atomic E-state index is 0.131. The monoisotopic (exact) mass is 345 g/mol. The molecular formula is C14H14Cl3N3O. The van der Waals surface area contributed by atoms with Crippen LogP contribution in [0.5, 0.6) is 0 Å². The maximum atomic E-state index is 9.25. The Morgan fingerprint density at radius 2 is 1.95 bits per heavy atom. The lowest BCUT2D eigenvalue weighted by molar-refractivity contribution is 0.276. The number of nitrogens with zero attached hydrogens (tertiary/aromatic N) is 2. The van der Waals surface area contributed by atoms with Crippen LogP contribution >= 0.6 is 34.8 Å². The van der Waals surface area contributed by atoms with Crippen molar-refractivity contribution < 1.29 is 5.11 Å². The van der Waals surface area contributed by atoms with E-state index in [1.807, 2.05) is 13.0 Å². The van der Waals surface area contributed by atoms with Gasteiger partial charge in [-0.2, -0.15) is 0 Å². The fraction of sp³-hybridized carbons (Fsp3) is 0.286. The number of benzene rings is 1. The first kappa shape index (κ1) is 16.3. The Kier molecular flexibility index (Phi) is 5.27. The third-order valence-electron chi connectivity index (χ3n) is 2.96. The summed E-state index contributed by atoms with van der Waals surface area (Å²) in [6.45, 7) is 3.43. The van der Waals surface area contributed by atoms with Crippen molar-refractivity contribution in [3.05, 3.63) is 50.3 Å². The van der Waals surface area contributed by atoms with E-state index >= 15 is 0 Å². The van der Waals surface area contributed by atoms with Crippen LogP contribution in [0.3, 0.4) is 0 Å². The Balaban J connectivity index is 2.31. The van der Waals surface area contributed by atoms with Crippen LogP contribution in [0.2, 0.25) is 15.1 Å². The summed E-state index contributed by atoms with van der Waals surface area (Å²) in [6, 6.07) is 5.17. The summed E-state index contributed by atoms with van der Waals surface area (Å²) in [4.78, 5) is 8.34. The fourth-order valence-corrected chi connectivity index (χ4v) is 2.72. The Hall–Kier alpha value is -1.07. The quantitative estimate of drug-likeness (QED) is 0.861. The average Bonchev–Trinajstić information content (AvgIpc) is 2.42. The van der Waals surface area contributed by atoms with Gasteiger partial charge in [0.15, 0.2) is 0 Å². The molecule has 0 radical (unpaired) electrons. The second-order valence-corrected chi connectivity index (χ2v) is 5.79. The molecule has 0 saturated heterocycles. The van der Waals surface area contributed by atoms with E-state index in [2.05, 4.69) is 15.3 Å². The number of hydrogen-bond acceptors (Lipinski definition) is 4. The summed E-state index contributed by atoms with van der Waals surface area (Å²) < 4.78 is 0. The first-order chi connectivity index (χ1) is 9.92. The van der Waals surface area contributed by atoms with Gasteiger partial charge in [0.05, 0.1) is 18.3 Å². The zero-order valence-corrected chi connectivity index (χ0v) is 13.8. The smallest absolute Gasteiger partial charge is 0.149 e. The Labute approximate surface area is 138 Å². The molecule has 1 atom stereocenters. The van der Waals surface area contributed by atoms with Crippen LogP contribution in [0.1, 0.15) is 30.0 Å². The van der Waals surface area contributed by atoms with Crippen LogP contribution in [-0.4, -0.2) is 15.1 Å². The van der Waals surface area contributed by atoms with E-state index in [9.17, 15) is 5.11 Å².